The quantitative estimate of drug-likeness (QED) is 0.537. The van der Waals surface area contributed by atoms with Gasteiger partial charge in [0.05, 0.1) is 5.41 Å². The first-order valence-electron chi connectivity index (χ1n) is 10.6. The van der Waals surface area contributed by atoms with Crippen molar-refractivity contribution in [2.75, 3.05) is 26.2 Å². The second-order valence-corrected chi connectivity index (χ2v) is 8.60. The number of hydrogen-bond acceptors (Lipinski definition) is 3. The third-order valence-electron chi connectivity index (χ3n) is 6.38. The first kappa shape index (κ1) is 23.7. The Bertz CT molecular complexity index is 930. The van der Waals surface area contributed by atoms with E-state index < -0.39 is 11.8 Å². The molecule has 0 saturated carbocycles. The maximum Gasteiger partial charge on any atom is 0.263 e. The molecule has 0 aromatic heterocycles. The molecule has 0 atom stereocenters. The lowest BCUT2D eigenvalue weighted by Crippen LogP contribution is -2.47. The van der Waals surface area contributed by atoms with Crippen LogP contribution < -0.4 is 10.2 Å². The molecule has 31 heavy (non-hydrogen) atoms. The molecule has 1 aliphatic heterocycles. The molecule has 0 unspecified atom stereocenters. The van der Waals surface area contributed by atoms with Gasteiger partial charge < -0.3 is 4.74 Å². The number of aryl methyl sites for hydroxylation is 1. The predicted molar refractivity (Wildman–Crippen MR) is 122 cm³/mol. The van der Waals surface area contributed by atoms with Gasteiger partial charge in [-0.15, -0.1) is 0 Å². The molecule has 7 heteroatoms. The van der Waals surface area contributed by atoms with Crippen LogP contribution in [0.2, 0.25) is 11.8 Å². The Morgan fingerprint density at radius 3 is 2.55 bits per heavy atom. The average Bonchev–Trinajstić information content (AvgIpc) is 2.75. The van der Waals surface area contributed by atoms with Gasteiger partial charge in [0.15, 0.2) is 0 Å². The zero-order valence-corrected chi connectivity index (χ0v) is 19.0. The highest BCUT2D eigenvalue weighted by Gasteiger charge is 2.41. The summed E-state index contributed by atoms with van der Waals surface area (Å²) in [4.78, 5) is 14.9. The molecular weight excluding hydrogens is 419 g/mol. The van der Waals surface area contributed by atoms with Gasteiger partial charge in [-0.25, -0.2) is 8.78 Å². The van der Waals surface area contributed by atoms with Crippen molar-refractivity contribution < 1.29 is 18.3 Å². The fourth-order valence-corrected chi connectivity index (χ4v) is 4.64. The van der Waals surface area contributed by atoms with Crippen molar-refractivity contribution in [1.29, 1.82) is 0 Å². The number of piperidine rings is 1. The van der Waals surface area contributed by atoms with E-state index in [4.69, 9.17) is 16.3 Å². The largest absolute Gasteiger partial charge is 0.492 e. The Labute approximate surface area is 189 Å². The van der Waals surface area contributed by atoms with E-state index in [1.807, 2.05) is 25.1 Å². The molecule has 0 N–H and O–H groups in total. The van der Waals surface area contributed by atoms with E-state index in [-0.39, 0.29) is 11.3 Å². The number of likely N-dealkylation sites (tertiary alicyclic amines) is 1. The number of Topliss-reactive ketones (excluding diaryl/α,β-unsaturated/α-hetero) is 1. The van der Waals surface area contributed by atoms with Gasteiger partial charge in [-0.05, 0) is 75.2 Å². The van der Waals surface area contributed by atoms with E-state index >= 15 is 0 Å². The molecule has 1 radical (unpaired) electrons. The van der Waals surface area contributed by atoms with E-state index in [0.717, 1.165) is 37.1 Å². The van der Waals surface area contributed by atoms with Crippen LogP contribution in [0.1, 0.15) is 42.9 Å². The van der Waals surface area contributed by atoms with Gasteiger partial charge in [0.2, 0.25) is 0 Å². The minimum Gasteiger partial charge on any atom is -0.492 e. The van der Waals surface area contributed by atoms with Crippen LogP contribution in [0.3, 0.4) is 0 Å². The van der Waals surface area contributed by atoms with E-state index in [9.17, 15) is 13.6 Å². The fourth-order valence-electron chi connectivity index (χ4n) is 4.47. The molecule has 0 amide bonds. The number of carbonyl (C=O) groups excluding carboxylic acids is 1. The Kier molecular flexibility index (Phi) is 7.76. The van der Waals surface area contributed by atoms with Crippen LogP contribution >= 0.6 is 11.6 Å². The molecule has 0 spiro atoms. The summed E-state index contributed by atoms with van der Waals surface area (Å²) in [7, 11) is 1.67. The van der Waals surface area contributed by atoms with E-state index in [1.54, 1.807) is 33.2 Å². The summed E-state index contributed by atoms with van der Waals surface area (Å²) >= 11 is 6.22. The van der Waals surface area contributed by atoms with Crippen LogP contribution in [-0.2, 0) is 10.2 Å². The van der Waals surface area contributed by atoms with Crippen LogP contribution in [0.4, 0.5) is 8.78 Å². The second kappa shape index (κ2) is 10.1. The Balaban J connectivity index is 1.60. The van der Waals surface area contributed by atoms with E-state index in [1.165, 1.54) is 6.07 Å². The molecule has 3 rings (SSSR count). The molecule has 2 aromatic carbocycles. The highest BCUT2D eigenvalue weighted by molar-refractivity contribution is 6.52. The number of alkyl halides is 2. The third kappa shape index (κ3) is 5.29. The highest BCUT2D eigenvalue weighted by Crippen LogP contribution is 2.39. The summed E-state index contributed by atoms with van der Waals surface area (Å²) in [5, 5.41) is 0.645. The van der Waals surface area contributed by atoms with Crippen molar-refractivity contribution in [2.45, 2.75) is 45.4 Å². The van der Waals surface area contributed by atoms with Gasteiger partial charge in [-0.2, -0.15) is 0 Å². The summed E-state index contributed by atoms with van der Waals surface area (Å²) in [5.74, 6) is 0.617. The fraction of sp³-hybridized carbons (Fsp3) is 0.458. The standard InChI is InChI=1S/C24H28BClF2NO2/c1-16-4-5-18(26)14-21(16)24(17(2)30)8-10-29(11-9-24)12-13-31-19-6-7-22(25-3)20(15-19)23(27)28/h4-7,14-15,23H,8-13H2,1-3H3. The maximum absolute atomic E-state index is 13.2. The topological polar surface area (TPSA) is 29.5 Å². The molecule has 0 aliphatic carbocycles. The summed E-state index contributed by atoms with van der Waals surface area (Å²) < 4.78 is 32.2. The summed E-state index contributed by atoms with van der Waals surface area (Å²) in [6.45, 7) is 8.03. The molecule has 165 valence electrons. The molecule has 0 bridgehead atoms. The van der Waals surface area contributed by atoms with Gasteiger partial charge in [0, 0.05) is 17.1 Å². The minimum absolute atomic E-state index is 0.0129. The van der Waals surface area contributed by atoms with Crippen LogP contribution in [0, 0.1) is 6.92 Å². The Morgan fingerprint density at radius 1 is 1.23 bits per heavy atom. The van der Waals surface area contributed by atoms with E-state index in [0.29, 0.717) is 29.4 Å². The van der Waals surface area contributed by atoms with Gasteiger partial charge in [0.25, 0.3) is 6.43 Å². The number of carbonyl (C=O) groups is 1. The number of hydrogen-bond donors (Lipinski definition) is 0. The normalized spacial score (nSPS) is 16.4. The molecular formula is C24H28BClF2NO2. The van der Waals surface area contributed by atoms with Crippen LogP contribution in [0.5, 0.6) is 5.75 Å². The van der Waals surface area contributed by atoms with Gasteiger partial charge in [-0.1, -0.05) is 36.0 Å². The summed E-state index contributed by atoms with van der Waals surface area (Å²) in [6.07, 6.45) is -1.09. The van der Waals surface area contributed by atoms with Crippen molar-refractivity contribution >= 4 is 30.1 Å². The molecule has 1 fully saturated rings. The van der Waals surface area contributed by atoms with Crippen LogP contribution in [0.25, 0.3) is 0 Å². The molecule has 2 aromatic rings. The zero-order chi connectivity index (χ0) is 22.6. The molecule has 3 nitrogen and oxygen atoms in total. The van der Waals surface area contributed by atoms with Crippen molar-refractivity contribution in [2.24, 2.45) is 0 Å². The Morgan fingerprint density at radius 2 is 1.94 bits per heavy atom. The number of rotatable bonds is 8. The first-order chi connectivity index (χ1) is 14.8. The monoisotopic (exact) mass is 446 g/mol. The maximum atomic E-state index is 13.2. The molecule has 1 aliphatic rings. The predicted octanol–water partition coefficient (Wildman–Crippen LogP) is 4.97. The van der Waals surface area contributed by atoms with Crippen LogP contribution in [-0.4, -0.2) is 44.2 Å². The van der Waals surface area contributed by atoms with Crippen molar-refractivity contribution in [3.8, 4) is 5.75 Å². The smallest absolute Gasteiger partial charge is 0.263 e. The SMILES string of the molecule is C[B]c1ccc(OCCN2CCC(C(C)=O)(c3cc(Cl)ccc3C)CC2)cc1C(F)F. The third-order valence-corrected chi connectivity index (χ3v) is 6.61. The Hall–Kier alpha value is -1.92. The highest BCUT2D eigenvalue weighted by atomic mass is 35.5. The lowest BCUT2D eigenvalue weighted by atomic mass is 9.69. The van der Waals surface area contributed by atoms with Crippen LogP contribution in [0.15, 0.2) is 36.4 Å². The number of ketones is 1. The first-order valence-corrected chi connectivity index (χ1v) is 11.0. The van der Waals surface area contributed by atoms with E-state index in [2.05, 4.69) is 4.90 Å². The summed E-state index contributed by atoms with van der Waals surface area (Å²) in [6, 6.07) is 10.5. The average molecular weight is 447 g/mol. The molecule has 1 saturated heterocycles. The number of halogens is 3. The lowest BCUT2D eigenvalue weighted by Gasteiger charge is -2.41. The number of ether oxygens (including phenoxy) is 1. The van der Waals surface area contributed by atoms with Crippen molar-refractivity contribution in [3.05, 3.63) is 58.1 Å². The zero-order valence-electron chi connectivity index (χ0n) is 18.3. The summed E-state index contributed by atoms with van der Waals surface area (Å²) in [5.41, 5.74) is 2.11. The lowest BCUT2D eigenvalue weighted by molar-refractivity contribution is -0.124. The minimum atomic E-state index is -2.54. The van der Waals surface area contributed by atoms with Gasteiger partial charge in [-0.3, -0.25) is 9.69 Å². The van der Waals surface area contributed by atoms with Crippen molar-refractivity contribution in [3.63, 3.8) is 0 Å². The number of nitrogens with zero attached hydrogens (tertiary/aromatic N) is 1. The molecule has 1 heterocycles. The van der Waals surface area contributed by atoms with Crippen molar-refractivity contribution in [1.82, 2.24) is 4.90 Å². The van der Waals surface area contributed by atoms with Gasteiger partial charge in [0.1, 0.15) is 25.4 Å². The van der Waals surface area contributed by atoms with Gasteiger partial charge >= 0.3 is 0 Å². The number of benzene rings is 2. The second-order valence-electron chi connectivity index (χ2n) is 8.17.